The zero-order valence-electron chi connectivity index (χ0n) is 12.2. The number of phenolic OH excluding ortho intramolecular Hbond substituents is 1. The van der Waals surface area contributed by atoms with Crippen LogP contribution in [0.25, 0.3) is 21.9 Å². The normalized spacial score (nSPS) is 13.6. The zero-order chi connectivity index (χ0) is 14.4. The van der Waals surface area contributed by atoms with Crippen molar-refractivity contribution in [3.8, 4) is 16.9 Å². The number of benzene rings is 3. The molecule has 4 rings (SSSR count). The van der Waals surface area contributed by atoms with Gasteiger partial charge >= 0.3 is 0 Å². The maximum Gasteiger partial charge on any atom is 0.127 e. The predicted molar refractivity (Wildman–Crippen MR) is 87.8 cm³/mol. The van der Waals surface area contributed by atoms with Crippen molar-refractivity contribution in [1.82, 2.24) is 0 Å². The lowest BCUT2D eigenvalue weighted by molar-refractivity contribution is 0.472. The SMILES string of the molecule is Cc1ccc2c(-c3ccccc3)c(O)c3c(c2c1)CCC3. The van der Waals surface area contributed by atoms with Crippen LogP contribution < -0.4 is 0 Å². The highest BCUT2D eigenvalue weighted by atomic mass is 16.3. The van der Waals surface area contributed by atoms with Gasteiger partial charge in [0.05, 0.1) is 0 Å². The molecule has 0 atom stereocenters. The first kappa shape index (κ1) is 12.5. The minimum absolute atomic E-state index is 0.491. The molecule has 0 bridgehead atoms. The van der Waals surface area contributed by atoms with Gasteiger partial charge in [-0.3, -0.25) is 0 Å². The average Bonchev–Trinajstić information content (AvgIpc) is 2.99. The smallest absolute Gasteiger partial charge is 0.127 e. The molecule has 0 fully saturated rings. The molecule has 1 heteroatoms. The second-order valence-electron chi connectivity index (χ2n) is 5.95. The van der Waals surface area contributed by atoms with Crippen molar-refractivity contribution in [2.75, 3.05) is 0 Å². The van der Waals surface area contributed by atoms with E-state index in [1.54, 1.807) is 0 Å². The zero-order valence-corrected chi connectivity index (χ0v) is 12.2. The van der Waals surface area contributed by atoms with Crippen molar-refractivity contribution < 1.29 is 5.11 Å². The summed E-state index contributed by atoms with van der Waals surface area (Å²) in [6.45, 7) is 2.13. The highest BCUT2D eigenvalue weighted by Crippen LogP contribution is 2.45. The monoisotopic (exact) mass is 274 g/mol. The van der Waals surface area contributed by atoms with Crippen LogP contribution in [0.1, 0.15) is 23.1 Å². The van der Waals surface area contributed by atoms with Gasteiger partial charge in [-0.05, 0) is 53.6 Å². The first-order chi connectivity index (χ1) is 10.3. The van der Waals surface area contributed by atoms with Crippen LogP contribution >= 0.6 is 0 Å². The van der Waals surface area contributed by atoms with Crippen molar-refractivity contribution in [2.45, 2.75) is 26.2 Å². The summed E-state index contributed by atoms with van der Waals surface area (Å²) in [6.07, 6.45) is 3.22. The van der Waals surface area contributed by atoms with E-state index in [9.17, 15) is 5.11 Å². The summed E-state index contributed by atoms with van der Waals surface area (Å²) in [5, 5.41) is 13.3. The van der Waals surface area contributed by atoms with Crippen LogP contribution in [0.3, 0.4) is 0 Å². The van der Waals surface area contributed by atoms with Gasteiger partial charge in [0.2, 0.25) is 0 Å². The highest BCUT2D eigenvalue weighted by Gasteiger charge is 2.23. The first-order valence-electron chi connectivity index (χ1n) is 7.58. The van der Waals surface area contributed by atoms with Gasteiger partial charge in [0.1, 0.15) is 5.75 Å². The van der Waals surface area contributed by atoms with E-state index in [2.05, 4.69) is 37.3 Å². The van der Waals surface area contributed by atoms with Gasteiger partial charge in [-0.25, -0.2) is 0 Å². The predicted octanol–water partition coefficient (Wildman–Crippen LogP) is 5.01. The Kier molecular flexibility index (Phi) is 2.75. The molecule has 0 unspecified atom stereocenters. The van der Waals surface area contributed by atoms with E-state index in [1.807, 2.05) is 18.2 Å². The molecule has 1 aliphatic rings. The minimum atomic E-state index is 0.491. The van der Waals surface area contributed by atoms with Crippen molar-refractivity contribution in [1.29, 1.82) is 0 Å². The molecule has 0 aromatic heterocycles. The topological polar surface area (TPSA) is 20.2 Å². The summed E-state index contributed by atoms with van der Waals surface area (Å²) < 4.78 is 0. The van der Waals surface area contributed by atoms with Crippen molar-refractivity contribution in [3.63, 3.8) is 0 Å². The lowest BCUT2D eigenvalue weighted by atomic mass is 9.90. The molecule has 0 amide bonds. The Hall–Kier alpha value is -2.28. The van der Waals surface area contributed by atoms with Gasteiger partial charge in [-0.15, -0.1) is 0 Å². The number of phenols is 1. The Morgan fingerprint density at radius 1 is 0.857 bits per heavy atom. The fourth-order valence-electron chi connectivity index (χ4n) is 3.60. The lowest BCUT2D eigenvalue weighted by Gasteiger charge is -2.16. The second-order valence-corrected chi connectivity index (χ2v) is 5.95. The summed E-state index contributed by atoms with van der Waals surface area (Å²) in [7, 11) is 0. The van der Waals surface area contributed by atoms with E-state index >= 15 is 0 Å². The van der Waals surface area contributed by atoms with Gasteiger partial charge in [0.25, 0.3) is 0 Å². The van der Waals surface area contributed by atoms with Crippen molar-refractivity contribution in [3.05, 3.63) is 65.2 Å². The van der Waals surface area contributed by atoms with Crippen LogP contribution in [-0.4, -0.2) is 5.11 Å². The summed E-state index contributed by atoms with van der Waals surface area (Å²) in [6, 6.07) is 16.8. The van der Waals surface area contributed by atoms with Crippen molar-refractivity contribution in [2.24, 2.45) is 0 Å². The summed E-state index contributed by atoms with van der Waals surface area (Å²) in [5.41, 5.74) is 5.88. The Balaban J connectivity index is 2.16. The third-order valence-electron chi connectivity index (χ3n) is 4.57. The number of hydrogen-bond acceptors (Lipinski definition) is 1. The quantitative estimate of drug-likeness (QED) is 0.661. The van der Waals surface area contributed by atoms with Crippen LogP contribution in [0.2, 0.25) is 0 Å². The maximum atomic E-state index is 10.8. The number of rotatable bonds is 1. The molecule has 0 spiro atoms. The highest BCUT2D eigenvalue weighted by molar-refractivity contribution is 6.03. The molecular formula is C20H18O. The Bertz CT molecular complexity index is 832. The number of fused-ring (bicyclic) bond motifs is 3. The largest absolute Gasteiger partial charge is 0.507 e. The maximum absolute atomic E-state index is 10.8. The summed E-state index contributed by atoms with van der Waals surface area (Å²) >= 11 is 0. The van der Waals surface area contributed by atoms with Gasteiger partial charge < -0.3 is 5.11 Å². The van der Waals surface area contributed by atoms with E-state index in [4.69, 9.17) is 0 Å². The van der Waals surface area contributed by atoms with Crippen molar-refractivity contribution >= 4 is 10.8 Å². The molecule has 0 radical (unpaired) electrons. The van der Waals surface area contributed by atoms with Crippen LogP contribution in [0, 0.1) is 6.92 Å². The van der Waals surface area contributed by atoms with E-state index in [-0.39, 0.29) is 0 Å². The third-order valence-corrected chi connectivity index (χ3v) is 4.57. The molecule has 21 heavy (non-hydrogen) atoms. The summed E-state index contributed by atoms with van der Waals surface area (Å²) in [5.74, 6) is 0.491. The molecule has 1 N–H and O–H groups in total. The van der Waals surface area contributed by atoms with Gasteiger partial charge in [0.15, 0.2) is 0 Å². The second kappa shape index (κ2) is 4.63. The molecule has 0 saturated heterocycles. The molecule has 104 valence electrons. The fourth-order valence-corrected chi connectivity index (χ4v) is 3.60. The molecule has 3 aromatic carbocycles. The number of aryl methyl sites for hydroxylation is 2. The van der Waals surface area contributed by atoms with Crippen LogP contribution in [0.4, 0.5) is 0 Å². The van der Waals surface area contributed by atoms with Gasteiger partial charge in [-0.1, -0.05) is 54.1 Å². The fraction of sp³-hybridized carbons (Fsp3) is 0.200. The van der Waals surface area contributed by atoms with E-state index in [1.165, 1.54) is 21.9 Å². The molecule has 3 aromatic rings. The Labute approximate surface area is 124 Å². The molecular weight excluding hydrogens is 256 g/mol. The Morgan fingerprint density at radius 3 is 2.43 bits per heavy atom. The van der Waals surface area contributed by atoms with Crippen LogP contribution in [0.15, 0.2) is 48.5 Å². The first-order valence-corrected chi connectivity index (χ1v) is 7.58. The number of hydrogen-bond donors (Lipinski definition) is 1. The van der Waals surface area contributed by atoms with Gasteiger partial charge in [0, 0.05) is 5.56 Å². The Morgan fingerprint density at radius 2 is 1.62 bits per heavy atom. The minimum Gasteiger partial charge on any atom is -0.507 e. The molecule has 1 aliphatic carbocycles. The molecule has 0 aliphatic heterocycles. The molecule has 0 saturated carbocycles. The van der Waals surface area contributed by atoms with Crippen LogP contribution in [-0.2, 0) is 12.8 Å². The standard InChI is InChI=1S/C20H18O/c1-13-10-11-16-18(12-13)15-8-5-9-17(15)20(21)19(16)14-6-3-2-4-7-14/h2-4,6-7,10-12,21H,5,8-9H2,1H3. The number of aromatic hydroxyl groups is 1. The van der Waals surface area contributed by atoms with E-state index < -0.39 is 0 Å². The summed E-state index contributed by atoms with van der Waals surface area (Å²) in [4.78, 5) is 0. The molecule has 0 heterocycles. The van der Waals surface area contributed by atoms with E-state index in [0.29, 0.717) is 5.75 Å². The third kappa shape index (κ3) is 1.84. The van der Waals surface area contributed by atoms with Gasteiger partial charge in [-0.2, -0.15) is 0 Å². The molecule has 1 nitrogen and oxygen atoms in total. The van der Waals surface area contributed by atoms with Crippen LogP contribution in [0.5, 0.6) is 5.75 Å². The average molecular weight is 274 g/mol. The van der Waals surface area contributed by atoms with E-state index in [0.717, 1.165) is 36.0 Å². The lowest BCUT2D eigenvalue weighted by Crippen LogP contribution is -1.92.